The van der Waals surface area contributed by atoms with Gasteiger partial charge in [-0.2, -0.15) is 0 Å². The number of hydrogen-bond donors (Lipinski definition) is 0. The van der Waals surface area contributed by atoms with Crippen molar-refractivity contribution in [1.29, 1.82) is 0 Å². The molecule has 52 heavy (non-hydrogen) atoms. The van der Waals surface area contributed by atoms with Crippen molar-refractivity contribution in [3.05, 3.63) is 202 Å². The van der Waals surface area contributed by atoms with Gasteiger partial charge in [-0.05, 0) is 104 Å². The second-order valence-electron chi connectivity index (χ2n) is 14.4. The predicted octanol–water partition coefficient (Wildman–Crippen LogP) is 11.3. The highest BCUT2D eigenvalue weighted by molar-refractivity contribution is 7.80. The van der Waals surface area contributed by atoms with Crippen molar-refractivity contribution in [2.45, 2.75) is 52.6 Å². The topological polar surface area (TPSA) is 0 Å². The van der Waals surface area contributed by atoms with Crippen LogP contribution in [0.15, 0.2) is 163 Å². The van der Waals surface area contributed by atoms with E-state index in [4.69, 9.17) is 0 Å². The minimum atomic E-state index is -0.865. The fourth-order valence-corrected chi connectivity index (χ4v) is 13.6. The maximum Gasteiger partial charge on any atom is 0.0219 e. The zero-order valence-corrected chi connectivity index (χ0v) is 32.6. The van der Waals surface area contributed by atoms with Crippen LogP contribution in [0.4, 0.5) is 0 Å². The third-order valence-corrected chi connectivity index (χ3v) is 16.2. The molecule has 8 rings (SSSR count). The van der Waals surface area contributed by atoms with Gasteiger partial charge < -0.3 is 0 Å². The Morgan fingerprint density at radius 1 is 0.481 bits per heavy atom. The van der Waals surface area contributed by atoms with Crippen molar-refractivity contribution in [3.63, 3.8) is 0 Å². The summed E-state index contributed by atoms with van der Waals surface area (Å²) in [5.74, 6) is 0.159. The lowest BCUT2D eigenvalue weighted by molar-refractivity contribution is 0.781. The van der Waals surface area contributed by atoms with Gasteiger partial charge in [0.15, 0.2) is 0 Å². The number of allylic oxidation sites excluding steroid dienone is 1. The summed E-state index contributed by atoms with van der Waals surface area (Å²) in [5, 5.41) is 9.82. The summed E-state index contributed by atoms with van der Waals surface area (Å²) in [6.45, 7) is 11.2. The lowest BCUT2D eigenvalue weighted by Crippen LogP contribution is -2.35. The number of hydrogen-bond acceptors (Lipinski definition) is 0. The average molecular weight is 709 g/mol. The summed E-state index contributed by atoms with van der Waals surface area (Å²) in [5.41, 5.74) is 11.3. The van der Waals surface area contributed by atoms with Gasteiger partial charge in [0, 0.05) is 11.6 Å². The van der Waals surface area contributed by atoms with Gasteiger partial charge in [0.25, 0.3) is 0 Å². The van der Waals surface area contributed by atoms with E-state index in [1.165, 1.54) is 76.2 Å². The fraction of sp³-hybridized carbons (Fsp3) is 0.160. The molecule has 0 aromatic heterocycles. The molecular weight excluding hydrogens is 662 g/mol. The fourth-order valence-electron chi connectivity index (χ4n) is 8.04. The van der Waals surface area contributed by atoms with Crippen LogP contribution in [0.2, 0.25) is 0 Å². The molecule has 2 atom stereocenters. The number of benzene rings is 7. The van der Waals surface area contributed by atoms with Gasteiger partial charge in [-0.1, -0.05) is 199 Å². The SMILES string of the molecule is CCC1=Cc2ccccc2C(c2c(P(c3ccc(C)cc3)c3ccc(C)cc3)ccc3ccccc23)[C@@H]1P(c1ccc(C)cc1)c1ccc(C)cc1. The standard InChI is InChI=1S/C50H46P2/c1-6-38-33-40-12-8-10-14-46(40)49(50(38)52(43-28-19-36(4)20-29-43)44-30-21-37(5)22-31-44)48-45-13-9-7-11-39(45)23-32-47(48)51(41-24-15-34(2)16-25-41)42-26-17-35(3)18-27-42/h7-33,49-50H,6H2,1-5H3/t49?,50-/m1/s1. The molecule has 0 saturated heterocycles. The zero-order chi connectivity index (χ0) is 35.8. The average Bonchev–Trinajstić information content (AvgIpc) is 3.17. The van der Waals surface area contributed by atoms with Gasteiger partial charge >= 0.3 is 0 Å². The zero-order valence-electron chi connectivity index (χ0n) is 30.8. The van der Waals surface area contributed by atoms with Crippen LogP contribution in [0.3, 0.4) is 0 Å². The second-order valence-corrected chi connectivity index (χ2v) is 18.9. The molecule has 7 aromatic rings. The number of fused-ring (bicyclic) bond motifs is 2. The molecule has 0 radical (unpaired) electrons. The maximum absolute atomic E-state index is 2.54. The first kappa shape index (κ1) is 34.5. The monoisotopic (exact) mass is 708 g/mol. The van der Waals surface area contributed by atoms with Crippen molar-refractivity contribution in [1.82, 2.24) is 0 Å². The van der Waals surface area contributed by atoms with E-state index in [1.54, 1.807) is 5.57 Å². The highest BCUT2D eigenvalue weighted by Gasteiger charge is 2.41. The van der Waals surface area contributed by atoms with Gasteiger partial charge in [0.1, 0.15) is 0 Å². The summed E-state index contributed by atoms with van der Waals surface area (Å²) in [4.78, 5) is 0. The van der Waals surface area contributed by atoms with Crippen molar-refractivity contribution in [2.24, 2.45) is 0 Å². The first-order valence-electron chi connectivity index (χ1n) is 18.6. The van der Waals surface area contributed by atoms with E-state index in [0.29, 0.717) is 0 Å². The molecule has 0 amide bonds. The quantitative estimate of drug-likeness (QED) is 0.138. The molecule has 0 spiro atoms. The van der Waals surface area contributed by atoms with Crippen molar-refractivity contribution >= 4 is 59.2 Å². The maximum atomic E-state index is 2.54. The van der Waals surface area contributed by atoms with Crippen molar-refractivity contribution in [3.8, 4) is 0 Å². The van der Waals surface area contributed by atoms with Crippen LogP contribution in [0.5, 0.6) is 0 Å². The molecule has 0 aliphatic heterocycles. The largest absolute Gasteiger partial charge is 0.0619 e. The molecule has 0 N–H and O–H groups in total. The van der Waals surface area contributed by atoms with Crippen molar-refractivity contribution < 1.29 is 0 Å². The van der Waals surface area contributed by atoms with E-state index in [-0.39, 0.29) is 11.6 Å². The van der Waals surface area contributed by atoms with Gasteiger partial charge in [0.05, 0.1) is 0 Å². The first-order valence-corrected chi connectivity index (χ1v) is 21.3. The van der Waals surface area contributed by atoms with Gasteiger partial charge in [-0.25, -0.2) is 0 Å². The van der Waals surface area contributed by atoms with Crippen LogP contribution in [0.1, 0.15) is 58.2 Å². The number of rotatable bonds is 8. The highest BCUT2D eigenvalue weighted by Crippen LogP contribution is 2.57. The molecule has 1 aliphatic rings. The lowest BCUT2D eigenvalue weighted by Gasteiger charge is -2.42. The highest BCUT2D eigenvalue weighted by atomic mass is 31.1. The van der Waals surface area contributed by atoms with Gasteiger partial charge in [0.2, 0.25) is 0 Å². The molecule has 1 aliphatic carbocycles. The van der Waals surface area contributed by atoms with Crippen LogP contribution in [-0.4, -0.2) is 5.66 Å². The third kappa shape index (κ3) is 6.61. The first-order chi connectivity index (χ1) is 25.4. The van der Waals surface area contributed by atoms with Gasteiger partial charge in [-0.15, -0.1) is 0 Å². The van der Waals surface area contributed by atoms with E-state index in [0.717, 1.165) is 6.42 Å². The molecule has 7 aromatic carbocycles. The Bertz CT molecular complexity index is 2270. The second kappa shape index (κ2) is 14.8. The molecule has 1 unspecified atom stereocenters. The van der Waals surface area contributed by atoms with E-state index in [2.05, 4.69) is 198 Å². The van der Waals surface area contributed by atoms with Gasteiger partial charge in [-0.3, -0.25) is 0 Å². The molecule has 2 heteroatoms. The molecule has 0 heterocycles. The Hall–Kier alpha value is -4.60. The predicted molar refractivity (Wildman–Crippen MR) is 231 cm³/mol. The summed E-state index contributed by atoms with van der Waals surface area (Å²) in [6, 6.07) is 61.0. The van der Waals surface area contributed by atoms with E-state index in [9.17, 15) is 0 Å². The minimum Gasteiger partial charge on any atom is -0.0619 e. The van der Waals surface area contributed by atoms with Crippen LogP contribution in [-0.2, 0) is 0 Å². The Morgan fingerprint density at radius 2 is 0.962 bits per heavy atom. The van der Waals surface area contributed by atoms with Crippen LogP contribution >= 0.6 is 15.8 Å². The third-order valence-electron chi connectivity index (χ3n) is 10.8. The molecule has 256 valence electrons. The van der Waals surface area contributed by atoms with Crippen LogP contribution in [0, 0.1) is 27.7 Å². The molecule has 0 saturated carbocycles. The molecular formula is C50H46P2. The summed E-state index contributed by atoms with van der Waals surface area (Å²) in [7, 11) is -1.66. The molecule has 0 bridgehead atoms. The minimum absolute atomic E-state index is 0.159. The van der Waals surface area contributed by atoms with Crippen LogP contribution < -0.4 is 26.5 Å². The Kier molecular flexibility index (Phi) is 9.81. The Morgan fingerprint density at radius 3 is 1.50 bits per heavy atom. The van der Waals surface area contributed by atoms with Crippen LogP contribution in [0.25, 0.3) is 16.8 Å². The summed E-state index contributed by atoms with van der Waals surface area (Å²) in [6.07, 6.45) is 3.55. The lowest BCUT2D eigenvalue weighted by atomic mass is 9.76. The Labute approximate surface area is 312 Å². The molecule has 0 nitrogen and oxygen atoms in total. The Balaban J connectivity index is 1.48. The molecule has 0 fully saturated rings. The number of aryl methyl sites for hydroxylation is 4. The smallest absolute Gasteiger partial charge is 0.0219 e. The van der Waals surface area contributed by atoms with Crippen molar-refractivity contribution in [2.75, 3.05) is 0 Å². The summed E-state index contributed by atoms with van der Waals surface area (Å²) < 4.78 is 0. The van der Waals surface area contributed by atoms with E-state index in [1.807, 2.05) is 0 Å². The van der Waals surface area contributed by atoms with E-state index < -0.39 is 15.8 Å². The summed E-state index contributed by atoms with van der Waals surface area (Å²) >= 11 is 0. The normalized spacial score (nSPS) is 15.6. The van der Waals surface area contributed by atoms with E-state index >= 15 is 0 Å².